The van der Waals surface area contributed by atoms with Crippen LogP contribution in [0.3, 0.4) is 0 Å². The van der Waals surface area contributed by atoms with Gasteiger partial charge in [-0.2, -0.15) is 0 Å². The van der Waals surface area contributed by atoms with Crippen LogP contribution in [0.4, 0.5) is 4.39 Å². The maximum Gasteiger partial charge on any atom is 0.123 e. The molecule has 1 rings (SSSR count). The molecule has 0 spiro atoms. The van der Waals surface area contributed by atoms with Gasteiger partial charge in [0.1, 0.15) is 11.9 Å². The van der Waals surface area contributed by atoms with Gasteiger partial charge in [-0.15, -0.1) is 0 Å². The van der Waals surface area contributed by atoms with E-state index in [1.807, 2.05) is 0 Å². The molecular weight excluding hydrogens is 239 g/mol. The molecule has 4 N–H and O–H groups in total. The van der Waals surface area contributed by atoms with Gasteiger partial charge in [0.2, 0.25) is 0 Å². The summed E-state index contributed by atoms with van der Waals surface area (Å²) in [6, 6.07) is 3.80. The predicted molar refractivity (Wildman–Crippen MR) is 63.9 cm³/mol. The molecule has 0 heterocycles. The topological polar surface area (TPSA) is 115 Å². The second kappa shape index (κ2) is 6.93. The van der Waals surface area contributed by atoms with Crippen molar-refractivity contribution in [1.29, 1.82) is 0 Å². The second-order valence-electron chi connectivity index (χ2n) is 3.80. The number of aliphatic hydroxyl groups is 2. The van der Waals surface area contributed by atoms with Gasteiger partial charge in [0.25, 0.3) is 0 Å². The minimum absolute atomic E-state index is 0.0627. The van der Waals surface area contributed by atoms with Crippen LogP contribution >= 0.6 is 0 Å². The lowest BCUT2D eigenvalue weighted by atomic mass is 9.97. The highest BCUT2D eigenvalue weighted by atomic mass is 19.1. The number of benzene rings is 1. The Hall–Kier alpha value is -1.66. The lowest BCUT2D eigenvalue weighted by Gasteiger charge is -2.20. The number of hydrogen-bond acceptors (Lipinski definition) is 4. The smallest absolute Gasteiger partial charge is 0.123 e. The van der Waals surface area contributed by atoms with E-state index in [4.69, 9.17) is 11.3 Å². The Morgan fingerprint density at radius 3 is 2.78 bits per heavy atom. The van der Waals surface area contributed by atoms with Crippen LogP contribution in [0.1, 0.15) is 23.7 Å². The molecule has 0 amide bonds. The van der Waals surface area contributed by atoms with E-state index in [1.54, 1.807) is 0 Å². The third-order valence-electron chi connectivity index (χ3n) is 2.60. The van der Waals surface area contributed by atoms with Gasteiger partial charge in [0.15, 0.2) is 0 Å². The molecule has 0 radical (unpaired) electrons. The molecule has 0 aliphatic carbocycles. The average Bonchev–Trinajstić information content (AvgIpc) is 2.37. The van der Waals surface area contributed by atoms with Gasteiger partial charge in [-0.05, 0) is 35.2 Å². The molecule has 0 fully saturated rings. The summed E-state index contributed by atoms with van der Waals surface area (Å²) in [6.45, 7) is 0.140. The van der Waals surface area contributed by atoms with Crippen LogP contribution in [0.25, 0.3) is 10.4 Å². The van der Waals surface area contributed by atoms with Gasteiger partial charge in [-0.3, -0.25) is 0 Å². The van der Waals surface area contributed by atoms with Gasteiger partial charge in [0.05, 0.1) is 6.10 Å². The molecule has 7 heteroatoms. The van der Waals surface area contributed by atoms with Crippen molar-refractivity contribution in [3.05, 3.63) is 45.6 Å². The van der Waals surface area contributed by atoms with E-state index in [9.17, 15) is 14.6 Å². The van der Waals surface area contributed by atoms with E-state index in [-0.39, 0.29) is 19.5 Å². The molecule has 0 aliphatic rings. The minimum Gasteiger partial charge on any atom is -0.390 e. The third kappa shape index (κ3) is 3.68. The zero-order valence-corrected chi connectivity index (χ0v) is 9.70. The fourth-order valence-corrected chi connectivity index (χ4v) is 1.64. The molecule has 1 aromatic rings. The molecule has 1 aromatic carbocycles. The number of nitrogens with two attached hydrogens (primary N) is 1. The zero-order valence-electron chi connectivity index (χ0n) is 9.70. The largest absolute Gasteiger partial charge is 0.390 e. The first-order valence-electron chi connectivity index (χ1n) is 5.45. The number of rotatable bonds is 6. The number of azide groups is 1. The van der Waals surface area contributed by atoms with Crippen LogP contribution < -0.4 is 5.73 Å². The molecule has 2 unspecified atom stereocenters. The van der Waals surface area contributed by atoms with Crippen molar-refractivity contribution in [2.75, 3.05) is 6.54 Å². The van der Waals surface area contributed by atoms with E-state index in [0.29, 0.717) is 11.1 Å². The lowest BCUT2D eigenvalue weighted by Crippen LogP contribution is -2.21. The van der Waals surface area contributed by atoms with Gasteiger partial charge in [0, 0.05) is 18.0 Å². The molecule has 0 bridgehead atoms. The summed E-state index contributed by atoms with van der Waals surface area (Å²) in [4.78, 5) is 2.55. The Kier molecular flexibility index (Phi) is 5.54. The second-order valence-corrected chi connectivity index (χ2v) is 3.80. The van der Waals surface area contributed by atoms with Crippen molar-refractivity contribution in [1.82, 2.24) is 0 Å². The average molecular weight is 254 g/mol. The number of nitrogens with zero attached hydrogens (tertiary/aromatic N) is 3. The predicted octanol–water partition coefficient (Wildman–Crippen LogP) is 1.38. The van der Waals surface area contributed by atoms with E-state index < -0.39 is 18.0 Å². The molecule has 18 heavy (non-hydrogen) atoms. The highest BCUT2D eigenvalue weighted by Crippen LogP contribution is 2.23. The molecule has 2 atom stereocenters. The summed E-state index contributed by atoms with van der Waals surface area (Å²) < 4.78 is 13.0. The first kappa shape index (κ1) is 14.4. The monoisotopic (exact) mass is 254 g/mol. The highest BCUT2D eigenvalue weighted by molar-refractivity contribution is 5.30. The van der Waals surface area contributed by atoms with E-state index in [1.165, 1.54) is 18.2 Å². The first-order valence-corrected chi connectivity index (χ1v) is 5.45. The number of halogens is 1. The van der Waals surface area contributed by atoms with Crippen LogP contribution in [0, 0.1) is 5.82 Å². The molecule has 98 valence electrons. The van der Waals surface area contributed by atoms with Crippen molar-refractivity contribution in [2.45, 2.75) is 25.2 Å². The van der Waals surface area contributed by atoms with Crippen LogP contribution in [-0.2, 0) is 6.54 Å². The van der Waals surface area contributed by atoms with Crippen LogP contribution in [0.15, 0.2) is 23.3 Å². The van der Waals surface area contributed by atoms with Gasteiger partial charge in [-0.1, -0.05) is 11.2 Å². The van der Waals surface area contributed by atoms with Crippen molar-refractivity contribution in [3.63, 3.8) is 0 Å². The van der Waals surface area contributed by atoms with Crippen LogP contribution in [0.2, 0.25) is 0 Å². The summed E-state index contributed by atoms with van der Waals surface area (Å²) in [7, 11) is 0. The number of aliphatic hydroxyl groups excluding tert-OH is 2. The third-order valence-corrected chi connectivity index (χ3v) is 2.60. The Bertz CT molecular complexity index is 449. The minimum atomic E-state index is -1.18. The zero-order chi connectivity index (χ0) is 13.5. The number of hydrogen-bond donors (Lipinski definition) is 3. The Morgan fingerprint density at radius 1 is 1.44 bits per heavy atom. The van der Waals surface area contributed by atoms with Gasteiger partial charge >= 0.3 is 0 Å². The van der Waals surface area contributed by atoms with Crippen molar-refractivity contribution in [3.8, 4) is 0 Å². The summed E-state index contributed by atoms with van der Waals surface area (Å²) in [5.74, 6) is -0.449. The molecule has 0 aromatic heterocycles. The van der Waals surface area contributed by atoms with Gasteiger partial charge < -0.3 is 15.9 Å². The quantitative estimate of drug-likeness (QED) is 0.404. The molecule has 0 saturated heterocycles. The van der Waals surface area contributed by atoms with Crippen molar-refractivity contribution >= 4 is 0 Å². The van der Waals surface area contributed by atoms with E-state index in [0.717, 1.165) is 0 Å². The maximum atomic E-state index is 13.0. The fraction of sp³-hybridized carbons (Fsp3) is 0.455. The van der Waals surface area contributed by atoms with Gasteiger partial charge in [-0.25, -0.2) is 4.39 Å². The summed E-state index contributed by atoms with van der Waals surface area (Å²) in [5.41, 5.74) is 14.4. The normalized spacial score (nSPS) is 13.8. The lowest BCUT2D eigenvalue weighted by molar-refractivity contribution is 0.0145. The summed E-state index contributed by atoms with van der Waals surface area (Å²) >= 11 is 0. The van der Waals surface area contributed by atoms with E-state index >= 15 is 0 Å². The van der Waals surface area contributed by atoms with Crippen LogP contribution in [0.5, 0.6) is 0 Å². The highest BCUT2D eigenvalue weighted by Gasteiger charge is 2.20. The summed E-state index contributed by atoms with van der Waals surface area (Å²) in [5, 5.41) is 22.9. The molecular formula is C11H15FN4O2. The Morgan fingerprint density at radius 2 is 2.17 bits per heavy atom. The standard InChI is InChI=1S/C11H15FN4O2/c12-8-1-2-9(7(5-8)6-13)11(18)10(17)3-4-15-16-14/h1-2,5,10-11,17-18H,3-4,6,13H2. The SMILES string of the molecule is [N-]=[N+]=NCCC(O)C(O)c1ccc(F)cc1CN. The molecule has 0 saturated carbocycles. The first-order chi connectivity index (χ1) is 8.60. The Labute approximate surface area is 103 Å². The maximum absolute atomic E-state index is 13.0. The Balaban J connectivity index is 2.82. The molecule has 0 aliphatic heterocycles. The fourth-order valence-electron chi connectivity index (χ4n) is 1.64. The van der Waals surface area contributed by atoms with E-state index in [2.05, 4.69) is 10.0 Å². The van der Waals surface area contributed by atoms with Crippen molar-refractivity contribution in [2.24, 2.45) is 10.8 Å². The van der Waals surface area contributed by atoms with Crippen molar-refractivity contribution < 1.29 is 14.6 Å². The van der Waals surface area contributed by atoms with Crippen LogP contribution in [-0.4, -0.2) is 22.9 Å². The summed E-state index contributed by atoms with van der Waals surface area (Å²) in [6.07, 6.45) is -2.16. The molecule has 6 nitrogen and oxygen atoms in total.